The zero-order chi connectivity index (χ0) is 7.94. The van der Waals surface area contributed by atoms with Gasteiger partial charge in [0, 0.05) is 31.1 Å². The van der Waals surface area contributed by atoms with Crippen molar-refractivity contribution in [2.24, 2.45) is 0 Å². The number of thiol groups is 1. The summed E-state index contributed by atoms with van der Waals surface area (Å²) in [5, 5.41) is 0. The summed E-state index contributed by atoms with van der Waals surface area (Å²) >= 11 is 5.75. The highest BCUT2D eigenvalue weighted by molar-refractivity contribution is 7.99. The van der Waals surface area contributed by atoms with Gasteiger partial charge in [0.25, 0.3) is 0 Å². The summed E-state index contributed by atoms with van der Waals surface area (Å²) in [6, 6.07) is 0. The standard InChI is InChI=1S/C7H15NOS2/c10-9-5-1-2-8-3-6-11-7-4-8/h10H,1-7H2. The first-order valence-corrected chi connectivity index (χ1v) is 5.52. The molecule has 4 heteroatoms. The minimum Gasteiger partial charge on any atom is -0.318 e. The predicted octanol–water partition coefficient (Wildman–Crippen LogP) is 1.29. The van der Waals surface area contributed by atoms with Gasteiger partial charge in [-0.2, -0.15) is 11.8 Å². The minimum absolute atomic E-state index is 0.771. The third-order valence-electron chi connectivity index (χ3n) is 1.81. The van der Waals surface area contributed by atoms with Crippen LogP contribution in [0.3, 0.4) is 0 Å². The number of hydrogen-bond donors (Lipinski definition) is 1. The molecule has 0 aliphatic carbocycles. The Kier molecular flexibility index (Phi) is 5.45. The zero-order valence-electron chi connectivity index (χ0n) is 6.66. The van der Waals surface area contributed by atoms with Gasteiger partial charge in [0.2, 0.25) is 0 Å². The highest BCUT2D eigenvalue weighted by atomic mass is 32.2. The SMILES string of the molecule is SOCCCN1CCSCC1. The second-order valence-corrected chi connectivity index (χ2v) is 4.12. The Morgan fingerprint density at radius 1 is 1.36 bits per heavy atom. The highest BCUT2D eigenvalue weighted by Gasteiger charge is 2.08. The summed E-state index contributed by atoms with van der Waals surface area (Å²) in [6.07, 6.45) is 1.11. The van der Waals surface area contributed by atoms with Gasteiger partial charge < -0.3 is 9.08 Å². The molecule has 0 radical (unpaired) electrons. The molecule has 0 spiro atoms. The molecule has 11 heavy (non-hydrogen) atoms. The van der Waals surface area contributed by atoms with Crippen LogP contribution in [-0.4, -0.2) is 42.6 Å². The largest absolute Gasteiger partial charge is 0.318 e. The molecule has 0 bridgehead atoms. The van der Waals surface area contributed by atoms with Crippen LogP contribution in [0.4, 0.5) is 0 Å². The van der Waals surface area contributed by atoms with E-state index in [4.69, 9.17) is 4.18 Å². The molecule has 66 valence electrons. The van der Waals surface area contributed by atoms with E-state index in [0.29, 0.717) is 0 Å². The van der Waals surface area contributed by atoms with E-state index in [1.165, 1.54) is 31.1 Å². The molecule has 1 aliphatic heterocycles. The van der Waals surface area contributed by atoms with Crippen LogP contribution in [0.5, 0.6) is 0 Å². The van der Waals surface area contributed by atoms with E-state index < -0.39 is 0 Å². The number of rotatable bonds is 4. The molecule has 0 amide bonds. The Labute approximate surface area is 78.3 Å². The molecule has 0 N–H and O–H groups in total. The maximum Gasteiger partial charge on any atom is 0.0622 e. The number of thioether (sulfide) groups is 1. The molecule has 1 heterocycles. The maximum absolute atomic E-state index is 4.70. The monoisotopic (exact) mass is 193 g/mol. The zero-order valence-corrected chi connectivity index (χ0v) is 8.37. The molecule has 0 aromatic heterocycles. The molecule has 1 fully saturated rings. The van der Waals surface area contributed by atoms with Crippen molar-refractivity contribution in [2.75, 3.05) is 37.7 Å². The van der Waals surface area contributed by atoms with E-state index in [-0.39, 0.29) is 0 Å². The molecular weight excluding hydrogens is 178 g/mol. The van der Waals surface area contributed by atoms with Gasteiger partial charge in [0.1, 0.15) is 0 Å². The summed E-state index contributed by atoms with van der Waals surface area (Å²) in [4.78, 5) is 2.49. The van der Waals surface area contributed by atoms with Crippen molar-refractivity contribution in [3.05, 3.63) is 0 Å². The predicted molar refractivity (Wildman–Crippen MR) is 53.3 cm³/mol. The van der Waals surface area contributed by atoms with E-state index >= 15 is 0 Å². The van der Waals surface area contributed by atoms with Crippen molar-refractivity contribution in [1.82, 2.24) is 4.90 Å². The minimum atomic E-state index is 0.771. The van der Waals surface area contributed by atoms with Crippen LogP contribution in [-0.2, 0) is 4.18 Å². The third kappa shape index (κ3) is 4.25. The molecule has 0 atom stereocenters. The topological polar surface area (TPSA) is 12.5 Å². The molecule has 0 unspecified atom stereocenters. The van der Waals surface area contributed by atoms with Gasteiger partial charge in [-0.05, 0) is 19.3 Å². The summed E-state index contributed by atoms with van der Waals surface area (Å²) in [5.41, 5.74) is 0. The quantitative estimate of drug-likeness (QED) is 0.410. The van der Waals surface area contributed by atoms with Crippen LogP contribution in [0.15, 0.2) is 0 Å². The third-order valence-corrected chi connectivity index (χ3v) is 2.94. The van der Waals surface area contributed by atoms with Crippen LogP contribution in [0, 0.1) is 0 Å². The van der Waals surface area contributed by atoms with Crippen LogP contribution in [0.25, 0.3) is 0 Å². The van der Waals surface area contributed by atoms with Crippen molar-refractivity contribution in [3.63, 3.8) is 0 Å². The lowest BCUT2D eigenvalue weighted by Gasteiger charge is -2.25. The Morgan fingerprint density at radius 3 is 2.73 bits per heavy atom. The van der Waals surface area contributed by atoms with Crippen LogP contribution >= 0.6 is 24.7 Å². The van der Waals surface area contributed by atoms with Gasteiger partial charge in [0.05, 0.1) is 6.61 Å². The average molecular weight is 193 g/mol. The van der Waals surface area contributed by atoms with Gasteiger partial charge in [-0.3, -0.25) is 0 Å². The molecular formula is C7H15NOS2. The molecule has 1 aliphatic rings. The van der Waals surface area contributed by atoms with Gasteiger partial charge in [-0.15, -0.1) is 0 Å². The lowest BCUT2D eigenvalue weighted by molar-refractivity contribution is 0.267. The fourth-order valence-electron chi connectivity index (χ4n) is 1.18. The van der Waals surface area contributed by atoms with Gasteiger partial charge in [-0.1, -0.05) is 0 Å². The van der Waals surface area contributed by atoms with Gasteiger partial charge in [0.15, 0.2) is 0 Å². The first kappa shape index (κ1) is 9.71. The first-order chi connectivity index (χ1) is 5.43. The lowest BCUT2D eigenvalue weighted by Crippen LogP contribution is -2.33. The molecule has 2 nitrogen and oxygen atoms in total. The van der Waals surface area contributed by atoms with Crippen molar-refractivity contribution in [2.45, 2.75) is 6.42 Å². The fraction of sp³-hybridized carbons (Fsp3) is 1.00. The Balaban J connectivity index is 1.96. The summed E-state index contributed by atoms with van der Waals surface area (Å²) in [5.74, 6) is 2.59. The summed E-state index contributed by atoms with van der Waals surface area (Å²) in [6.45, 7) is 4.43. The normalized spacial score (nSPS) is 20.5. The molecule has 0 saturated carbocycles. The Hall–Kier alpha value is 0.620. The lowest BCUT2D eigenvalue weighted by atomic mass is 10.4. The number of nitrogens with zero attached hydrogens (tertiary/aromatic N) is 1. The average Bonchev–Trinajstić information content (AvgIpc) is 2.07. The van der Waals surface area contributed by atoms with Crippen molar-refractivity contribution < 1.29 is 4.18 Å². The van der Waals surface area contributed by atoms with Crippen molar-refractivity contribution >= 4 is 24.7 Å². The van der Waals surface area contributed by atoms with Crippen LogP contribution in [0.1, 0.15) is 6.42 Å². The van der Waals surface area contributed by atoms with Crippen LogP contribution < -0.4 is 0 Å². The van der Waals surface area contributed by atoms with E-state index in [1.54, 1.807) is 0 Å². The first-order valence-electron chi connectivity index (χ1n) is 4.00. The maximum atomic E-state index is 4.70. The van der Waals surface area contributed by atoms with E-state index in [1.807, 2.05) is 11.8 Å². The van der Waals surface area contributed by atoms with Gasteiger partial charge >= 0.3 is 0 Å². The highest BCUT2D eigenvalue weighted by Crippen LogP contribution is 2.08. The smallest absolute Gasteiger partial charge is 0.0622 e. The van der Waals surface area contributed by atoms with Crippen LogP contribution in [0.2, 0.25) is 0 Å². The molecule has 1 rings (SSSR count). The molecule has 0 aromatic carbocycles. The van der Waals surface area contributed by atoms with Gasteiger partial charge in [-0.25, -0.2) is 0 Å². The summed E-state index contributed by atoms with van der Waals surface area (Å²) < 4.78 is 4.70. The Bertz CT molecular complexity index is 96.4. The van der Waals surface area contributed by atoms with Crippen molar-refractivity contribution in [1.29, 1.82) is 0 Å². The molecule has 1 saturated heterocycles. The Morgan fingerprint density at radius 2 is 2.09 bits per heavy atom. The van der Waals surface area contributed by atoms with E-state index in [9.17, 15) is 0 Å². The summed E-state index contributed by atoms with van der Waals surface area (Å²) in [7, 11) is 0. The fourth-order valence-corrected chi connectivity index (χ4v) is 2.29. The second kappa shape index (κ2) is 6.17. The van der Waals surface area contributed by atoms with E-state index in [2.05, 4.69) is 17.8 Å². The van der Waals surface area contributed by atoms with Crippen molar-refractivity contribution in [3.8, 4) is 0 Å². The van der Waals surface area contributed by atoms with E-state index in [0.717, 1.165) is 13.0 Å². The second-order valence-electron chi connectivity index (χ2n) is 2.64. The molecule has 0 aromatic rings. The number of hydrogen-bond acceptors (Lipinski definition) is 4.